The number of nitrogens with one attached hydrogen (secondary N) is 2. The van der Waals surface area contributed by atoms with Crippen LogP contribution in [0.1, 0.15) is 30.0 Å². The predicted molar refractivity (Wildman–Crippen MR) is 93.4 cm³/mol. The molecule has 8 nitrogen and oxygen atoms in total. The molecule has 1 saturated heterocycles. The highest BCUT2D eigenvalue weighted by Gasteiger charge is 2.33. The zero-order valence-electron chi connectivity index (χ0n) is 14.1. The third-order valence-corrected chi connectivity index (χ3v) is 5.11. The van der Waals surface area contributed by atoms with Crippen molar-refractivity contribution in [3.63, 3.8) is 0 Å². The van der Waals surface area contributed by atoms with Gasteiger partial charge in [-0.15, -0.1) is 5.10 Å². The first-order valence-corrected chi connectivity index (χ1v) is 9.42. The van der Waals surface area contributed by atoms with Crippen molar-refractivity contribution in [2.45, 2.75) is 25.1 Å². The van der Waals surface area contributed by atoms with Crippen LogP contribution in [0.3, 0.4) is 0 Å². The number of anilines is 2. The number of halogens is 3. The fraction of sp³-hybridized carbons (Fsp3) is 0.467. The summed E-state index contributed by atoms with van der Waals surface area (Å²) in [6, 6.07) is 4.04. The Kier molecular flexibility index (Phi) is 5.56. The minimum Gasteiger partial charge on any atom is -0.366 e. The van der Waals surface area contributed by atoms with Crippen molar-refractivity contribution in [1.29, 1.82) is 0 Å². The molecule has 0 bridgehead atoms. The van der Waals surface area contributed by atoms with E-state index in [1.807, 2.05) is 4.90 Å². The Labute approximate surface area is 155 Å². The summed E-state index contributed by atoms with van der Waals surface area (Å²) in [6.45, 7) is 1.10. The van der Waals surface area contributed by atoms with Crippen LogP contribution in [0.25, 0.3) is 0 Å². The van der Waals surface area contributed by atoms with Crippen LogP contribution >= 0.6 is 0 Å². The maximum absolute atomic E-state index is 13.0. The number of hydrogen-bond acceptors (Lipinski definition) is 6. The number of thiol groups is 1. The number of aromatic nitrogens is 3. The largest absolute Gasteiger partial charge is 0.416 e. The van der Waals surface area contributed by atoms with Crippen LogP contribution in [-0.4, -0.2) is 36.7 Å². The van der Waals surface area contributed by atoms with Gasteiger partial charge in [0.2, 0.25) is 22.8 Å². The van der Waals surface area contributed by atoms with Crippen LogP contribution < -0.4 is 15.4 Å². The molecule has 1 aromatic carbocycles. The Morgan fingerprint density at radius 2 is 2.00 bits per heavy atom. The van der Waals surface area contributed by atoms with Crippen molar-refractivity contribution in [3.8, 4) is 0 Å². The highest BCUT2D eigenvalue weighted by molar-refractivity contribution is 7.70. The monoisotopic (exact) mass is 404 g/mol. The first kappa shape index (κ1) is 19.4. The number of benzene rings is 1. The molecule has 4 N–H and O–H groups in total. The third kappa shape index (κ3) is 4.69. The summed E-state index contributed by atoms with van der Waals surface area (Å²) in [5.74, 6) is 0.487. The Morgan fingerprint density at radius 3 is 2.56 bits per heavy atom. The van der Waals surface area contributed by atoms with E-state index in [1.54, 1.807) is 0 Å². The molecule has 1 aliphatic heterocycles. The number of aromatic amines is 1. The molecule has 1 aliphatic rings. The van der Waals surface area contributed by atoms with Crippen LogP contribution in [-0.2, 0) is 17.1 Å². The third-order valence-electron chi connectivity index (χ3n) is 4.62. The van der Waals surface area contributed by atoms with Gasteiger partial charge in [-0.2, -0.15) is 18.2 Å². The number of hydrogen-bond donors (Lipinski definition) is 4. The van der Waals surface area contributed by atoms with Gasteiger partial charge in [-0.3, -0.25) is 0 Å². The second-order valence-corrected chi connectivity index (χ2v) is 7.10. The first-order valence-electron chi connectivity index (χ1n) is 8.24. The summed E-state index contributed by atoms with van der Waals surface area (Å²) in [4.78, 5) is 5.97. The lowest BCUT2D eigenvalue weighted by molar-refractivity contribution is -0.137. The van der Waals surface area contributed by atoms with Gasteiger partial charge in [0.1, 0.15) is 0 Å². The molecule has 0 spiro atoms. The van der Waals surface area contributed by atoms with Crippen LogP contribution in [0.2, 0.25) is 0 Å². The SMILES string of the molecule is Nc1n[nH]c(N2CCC(C(N[SH](=O)=O)c3cccc(C(F)(F)F)c3)CC2)n1. The number of piperidine rings is 1. The molecule has 1 aromatic heterocycles. The lowest BCUT2D eigenvalue weighted by atomic mass is 9.85. The molecule has 1 atom stereocenters. The molecule has 0 saturated carbocycles. The van der Waals surface area contributed by atoms with E-state index in [0.717, 1.165) is 12.1 Å². The van der Waals surface area contributed by atoms with E-state index in [-0.39, 0.29) is 11.9 Å². The number of H-pyrrole nitrogens is 1. The number of alkyl halides is 3. The predicted octanol–water partition coefficient (Wildman–Crippen LogP) is 1.48. The van der Waals surface area contributed by atoms with E-state index in [9.17, 15) is 21.6 Å². The van der Waals surface area contributed by atoms with E-state index >= 15 is 0 Å². The smallest absolute Gasteiger partial charge is 0.366 e. The Bertz CT molecular complexity index is 853. The van der Waals surface area contributed by atoms with Crippen LogP contribution in [0, 0.1) is 5.92 Å². The van der Waals surface area contributed by atoms with Crippen LogP contribution in [0.5, 0.6) is 0 Å². The maximum atomic E-state index is 13.0. The lowest BCUT2D eigenvalue weighted by Gasteiger charge is -2.35. The molecule has 3 rings (SSSR count). The number of nitrogens with two attached hydrogens (primary N) is 1. The molecular weight excluding hydrogens is 385 g/mol. The van der Waals surface area contributed by atoms with Crippen LogP contribution in [0.4, 0.5) is 25.1 Å². The Hall–Kier alpha value is -2.34. The van der Waals surface area contributed by atoms with E-state index in [4.69, 9.17) is 5.73 Å². The van der Waals surface area contributed by atoms with Gasteiger partial charge in [0.15, 0.2) is 0 Å². The summed E-state index contributed by atoms with van der Waals surface area (Å²) < 4.78 is 63.9. The summed E-state index contributed by atoms with van der Waals surface area (Å²) in [5.41, 5.74) is 4.99. The molecular formula is C15H19F3N6O2S. The second kappa shape index (κ2) is 7.72. The Morgan fingerprint density at radius 1 is 1.30 bits per heavy atom. The van der Waals surface area contributed by atoms with Crippen molar-refractivity contribution < 1.29 is 21.6 Å². The van der Waals surface area contributed by atoms with E-state index in [2.05, 4.69) is 19.9 Å². The molecule has 27 heavy (non-hydrogen) atoms. The van der Waals surface area contributed by atoms with Crippen molar-refractivity contribution in [1.82, 2.24) is 19.9 Å². The zero-order chi connectivity index (χ0) is 19.6. The number of nitrogen functional groups attached to an aromatic ring is 1. The first-order chi connectivity index (χ1) is 12.7. The van der Waals surface area contributed by atoms with Gasteiger partial charge in [0.05, 0.1) is 5.56 Å². The van der Waals surface area contributed by atoms with Gasteiger partial charge in [-0.1, -0.05) is 12.1 Å². The summed E-state index contributed by atoms with van der Waals surface area (Å²) in [6.07, 6.45) is -3.36. The molecule has 2 heterocycles. The van der Waals surface area contributed by atoms with E-state index in [0.29, 0.717) is 37.4 Å². The standard InChI is InChI=1S/C15H19F3N6O2S/c16-15(17,18)11-3-1-2-10(8-11)12(23-27(25)26)9-4-6-24(7-5-9)14-20-13(19)21-22-14/h1-3,8-9,12,27H,4-7H2,(H,23,25,26)(H3,19,20,21,22). The van der Waals surface area contributed by atoms with Crippen LogP contribution in [0.15, 0.2) is 24.3 Å². The summed E-state index contributed by atoms with van der Waals surface area (Å²) in [5, 5.41) is 6.48. The van der Waals surface area contributed by atoms with E-state index in [1.165, 1.54) is 12.1 Å². The summed E-state index contributed by atoms with van der Waals surface area (Å²) in [7, 11) is -2.97. The average molecular weight is 404 g/mol. The second-order valence-electron chi connectivity index (χ2n) is 6.33. The normalized spacial score (nSPS) is 17.4. The minimum absolute atomic E-state index is 0.124. The number of nitrogens with zero attached hydrogens (tertiary/aromatic N) is 3. The van der Waals surface area contributed by atoms with Crippen molar-refractivity contribution in [3.05, 3.63) is 35.4 Å². The lowest BCUT2D eigenvalue weighted by Crippen LogP contribution is -2.39. The molecule has 1 fully saturated rings. The highest BCUT2D eigenvalue weighted by atomic mass is 32.2. The molecule has 12 heteroatoms. The molecule has 2 aromatic rings. The molecule has 0 aliphatic carbocycles. The van der Waals surface area contributed by atoms with Gasteiger partial charge in [-0.25, -0.2) is 18.2 Å². The molecule has 0 radical (unpaired) electrons. The topological polar surface area (TPSA) is 117 Å². The molecule has 148 valence electrons. The Balaban J connectivity index is 1.78. The van der Waals surface area contributed by atoms with Gasteiger partial charge in [0, 0.05) is 19.1 Å². The molecule has 0 amide bonds. The maximum Gasteiger partial charge on any atom is 0.416 e. The van der Waals surface area contributed by atoms with Gasteiger partial charge in [0.25, 0.3) is 0 Å². The van der Waals surface area contributed by atoms with Crippen molar-refractivity contribution in [2.24, 2.45) is 5.92 Å². The number of rotatable bonds is 5. The van der Waals surface area contributed by atoms with Gasteiger partial charge in [-0.05, 0) is 36.5 Å². The highest BCUT2D eigenvalue weighted by Crippen LogP contribution is 2.35. The fourth-order valence-corrected chi connectivity index (χ4v) is 3.91. The zero-order valence-corrected chi connectivity index (χ0v) is 15.0. The molecule has 1 unspecified atom stereocenters. The van der Waals surface area contributed by atoms with Crippen molar-refractivity contribution in [2.75, 3.05) is 23.7 Å². The van der Waals surface area contributed by atoms with Gasteiger partial charge < -0.3 is 10.6 Å². The minimum atomic E-state index is -4.49. The quantitative estimate of drug-likeness (QED) is 0.561. The van der Waals surface area contributed by atoms with E-state index < -0.39 is 28.7 Å². The van der Waals surface area contributed by atoms with Gasteiger partial charge >= 0.3 is 6.18 Å². The fourth-order valence-electron chi connectivity index (χ4n) is 3.33. The average Bonchev–Trinajstić information content (AvgIpc) is 3.05. The summed E-state index contributed by atoms with van der Waals surface area (Å²) >= 11 is 0. The van der Waals surface area contributed by atoms with Crippen molar-refractivity contribution >= 4 is 22.8 Å².